The van der Waals surface area contributed by atoms with Crippen molar-refractivity contribution in [2.45, 2.75) is 6.54 Å². The highest BCUT2D eigenvalue weighted by Crippen LogP contribution is 2.20. The van der Waals surface area contributed by atoms with Gasteiger partial charge in [0.25, 0.3) is 0 Å². The van der Waals surface area contributed by atoms with E-state index in [4.69, 9.17) is 4.74 Å². The van der Waals surface area contributed by atoms with Crippen molar-refractivity contribution in [2.24, 2.45) is 0 Å². The number of nitrogens with one attached hydrogen (secondary N) is 1. The molecule has 0 fully saturated rings. The third-order valence-electron chi connectivity index (χ3n) is 2.71. The van der Waals surface area contributed by atoms with Crippen LogP contribution in [0.25, 0.3) is 0 Å². The molecule has 2 aromatic rings. The smallest absolute Gasteiger partial charge is 0.139 e. The minimum atomic E-state index is -0.275. The van der Waals surface area contributed by atoms with Crippen LogP contribution in [0, 0.1) is 5.82 Å². The Hall–Kier alpha value is -1.81. The molecule has 0 aliphatic rings. The Morgan fingerprint density at radius 3 is 2.60 bits per heavy atom. The maximum Gasteiger partial charge on any atom is 0.139 e. The lowest BCUT2D eigenvalue weighted by atomic mass is 10.2. The Balaban J connectivity index is 1.93. The second-order valence-electron chi connectivity index (χ2n) is 4.23. The number of halogens is 2. The van der Waals surface area contributed by atoms with Crippen LogP contribution in [0.1, 0.15) is 5.56 Å². The number of hydrogen-bond donors (Lipinski definition) is 1. The molecule has 0 aliphatic heterocycles. The molecule has 0 radical (unpaired) electrons. The first-order valence-electron chi connectivity index (χ1n) is 6.20. The van der Waals surface area contributed by atoms with Gasteiger partial charge in [0.05, 0.1) is 4.47 Å². The van der Waals surface area contributed by atoms with Crippen LogP contribution in [0.4, 0.5) is 10.1 Å². The number of benzene rings is 2. The van der Waals surface area contributed by atoms with Gasteiger partial charge in [0, 0.05) is 12.2 Å². The van der Waals surface area contributed by atoms with E-state index in [1.165, 1.54) is 6.07 Å². The predicted molar refractivity (Wildman–Crippen MR) is 83.6 cm³/mol. The summed E-state index contributed by atoms with van der Waals surface area (Å²) in [6, 6.07) is 12.7. The van der Waals surface area contributed by atoms with Crippen LogP contribution in [0.5, 0.6) is 5.75 Å². The zero-order valence-corrected chi connectivity index (χ0v) is 12.5. The van der Waals surface area contributed by atoms with Crippen molar-refractivity contribution in [3.05, 3.63) is 71.0 Å². The molecule has 0 unspecified atom stereocenters. The normalized spacial score (nSPS) is 10.1. The number of ether oxygens (including phenoxy) is 1. The SMILES string of the molecule is C=CCOc1ccc(CNc2ccc(Br)c(F)c2)cc1. The van der Waals surface area contributed by atoms with E-state index in [-0.39, 0.29) is 5.82 Å². The molecule has 2 nitrogen and oxygen atoms in total. The highest BCUT2D eigenvalue weighted by molar-refractivity contribution is 9.10. The molecule has 0 heterocycles. The fourth-order valence-electron chi connectivity index (χ4n) is 1.67. The lowest BCUT2D eigenvalue weighted by Crippen LogP contribution is -2.00. The summed E-state index contributed by atoms with van der Waals surface area (Å²) >= 11 is 3.13. The van der Waals surface area contributed by atoms with E-state index >= 15 is 0 Å². The second kappa shape index (κ2) is 7.10. The largest absolute Gasteiger partial charge is 0.490 e. The van der Waals surface area contributed by atoms with Gasteiger partial charge in [0.2, 0.25) is 0 Å². The van der Waals surface area contributed by atoms with Crippen LogP contribution >= 0.6 is 15.9 Å². The third-order valence-corrected chi connectivity index (χ3v) is 3.35. The third kappa shape index (κ3) is 4.10. The van der Waals surface area contributed by atoms with E-state index in [9.17, 15) is 4.39 Å². The molecule has 0 atom stereocenters. The van der Waals surface area contributed by atoms with E-state index in [0.29, 0.717) is 17.6 Å². The Bertz CT molecular complexity index is 584. The summed E-state index contributed by atoms with van der Waals surface area (Å²) in [6.45, 7) is 4.72. The maximum atomic E-state index is 13.4. The topological polar surface area (TPSA) is 21.3 Å². The summed E-state index contributed by atoms with van der Waals surface area (Å²) in [6.07, 6.45) is 1.71. The molecule has 4 heteroatoms. The molecule has 0 saturated carbocycles. The highest BCUT2D eigenvalue weighted by Gasteiger charge is 2.01. The lowest BCUT2D eigenvalue weighted by molar-refractivity contribution is 0.363. The summed E-state index contributed by atoms with van der Waals surface area (Å²) in [7, 11) is 0. The first-order valence-corrected chi connectivity index (χ1v) is 7.00. The summed E-state index contributed by atoms with van der Waals surface area (Å²) in [5.41, 5.74) is 1.84. The van der Waals surface area contributed by atoms with Gasteiger partial charge in [-0.15, -0.1) is 0 Å². The van der Waals surface area contributed by atoms with Gasteiger partial charge in [-0.05, 0) is 51.8 Å². The first kappa shape index (κ1) is 14.6. The van der Waals surface area contributed by atoms with Crippen LogP contribution in [-0.2, 0) is 6.54 Å². The van der Waals surface area contributed by atoms with Gasteiger partial charge >= 0.3 is 0 Å². The van der Waals surface area contributed by atoms with Crippen LogP contribution in [-0.4, -0.2) is 6.61 Å². The van der Waals surface area contributed by atoms with Crippen molar-refractivity contribution in [2.75, 3.05) is 11.9 Å². The molecule has 0 bridgehead atoms. The number of hydrogen-bond acceptors (Lipinski definition) is 2. The minimum Gasteiger partial charge on any atom is -0.490 e. The van der Waals surface area contributed by atoms with Gasteiger partial charge in [-0.2, -0.15) is 0 Å². The lowest BCUT2D eigenvalue weighted by Gasteiger charge is -2.08. The van der Waals surface area contributed by atoms with Crippen molar-refractivity contribution in [1.29, 1.82) is 0 Å². The molecule has 104 valence electrons. The monoisotopic (exact) mass is 335 g/mol. The standard InChI is InChI=1S/C16H15BrFNO/c1-2-9-20-14-6-3-12(4-7-14)11-19-13-5-8-15(17)16(18)10-13/h2-8,10,19H,1,9,11H2. The van der Waals surface area contributed by atoms with Gasteiger partial charge in [-0.3, -0.25) is 0 Å². The quantitative estimate of drug-likeness (QED) is 0.768. The number of anilines is 1. The molecule has 0 spiro atoms. The van der Waals surface area contributed by atoms with Crippen molar-refractivity contribution >= 4 is 21.6 Å². The summed E-state index contributed by atoms with van der Waals surface area (Å²) in [4.78, 5) is 0. The summed E-state index contributed by atoms with van der Waals surface area (Å²) < 4.78 is 19.2. The highest BCUT2D eigenvalue weighted by atomic mass is 79.9. The molecule has 20 heavy (non-hydrogen) atoms. The van der Waals surface area contributed by atoms with E-state index in [2.05, 4.69) is 27.8 Å². The summed E-state index contributed by atoms with van der Waals surface area (Å²) in [5.74, 6) is 0.534. The van der Waals surface area contributed by atoms with Crippen molar-refractivity contribution in [1.82, 2.24) is 0 Å². The van der Waals surface area contributed by atoms with Crippen LogP contribution in [0.15, 0.2) is 59.6 Å². The number of rotatable bonds is 6. The van der Waals surface area contributed by atoms with Crippen LogP contribution in [0.3, 0.4) is 0 Å². The van der Waals surface area contributed by atoms with E-state index in [1.807, 2.05) is 30.3 Å². The Kier molecular flexibility index (Phi) is 5.18. The zero-order chi connectivity index (χ0) is 14.4. The summed E-state index contributed by atoms with van der Waals surface area (Å²) in [5, 5.41) is 3.17. The van der Waals surface area contributed by atoms with Gasteiger partial charge in [0.1, 0.15) is 18.2 Å². The van der Waals surface area contributed by atoms with Gasteiger partial charge < -0.3 is 10.1 Å². The molecule has 0 amide bonds. The Morgan fingerprint density at radius 2 is 1.95 bits per heavy atom. The molecule has 0 aromatic heterocycles. The van der Waals surface area contributed by atoms with E-state index < -0.39 is 0 Å². The molecule has 1 N–H and O–H groups in total. The molecule has 0 aliphatic carbocycles. The predicted octanol–water partition coefficient (Wildman–Crippen LogP) is 4.77. The van der Waals surface area contributed by atoms with Gasteiger partial charge in [0.15, 0.2) is 0 Å². The van der Waals surface area contributed by atoms with Crippen molar-refractivity contribution in [3.63, 3.8) is 0 Å². The Labute approximate surface area is 126 Å². The average Bonchev–Trinajstić information content (AvgIpc) is 2.47. The van der Waals surface area contributed by atoms with E-state index in [0.717, 1.165) is 17.0 Å². The second-order valence-corrected chi connectivity index (χ2v) is 5.08. The molecular weight excluding hydrogens is 321 g/mol. The van der Waals surface area contributed by atoms with Crippen molar-refractivity contribution in [3.8, 4) is 5.75 Å². The molecule has 0 saturated heterocycles. The molecule has 2 aromatic carbocycles. The minimum absolute atomic E-state index is 0.275. The van der Waals surface area contributed by atoms with Crippen molar-refractivity contribution < 1.29 is 9.13 Å². The Morgan fingerprint density at radius 1 is 1.20 bits per heavy atom. The fourth-order valence-corrected chi connectivity index (χ4v) is 1.92. The van der Waals surface area contributed by atoms with Gasteiger partial charge in [-0.1, -0.05) is 24.8 Å². The zero-order valence-electron chi connectivity index (χ0n) is 10.9. The molecule has 2 rings (SSSR count). The molecular formula is C16H15BrFNO. The van der Waals surface area contributed by atoms with Crippen LogP contribution in [0.2, 0.25) is 0 Å². The maximum absolute atomic E-state index is 13.4. The fraction of sp³-hybridized carbons (Fsp3) is 0.125. The van der Waals surface area contributed by atoms with Crippen LogP contribution < -0.4 is 10.1 Å². The van der Waals surface area contributed by atoms with E-state index in [1.54, 1.807) is 12.1 Å². The average molecular weight is 336 g/mol. The van der Waals surface area contributed by atoms with Gasteiger partial charge in [-0.25, -0.2) is 4.39 Å². The first-order chi connectivity index (χ1) is 9.69.